The second-order valence-electron chi connectivity index (χ2n) is 7.16. The smallest absolute Gasteiger partial charge is 0.411 e. The average Bonchev–Trinajstić information content (AvgIpc) is 2.50. The van der Waals surface area contributed by atoms with Crippen molar-refractivity contribution in [3.8, 4) is 0 Å². The molecule has 1 aliphatic rings. The zero-order valence-electron chi connectivity index (χ0n) is 13.6. The Balaban J connectivity index is 2.94. The van der Waals surface area contributed by atoms with Crippen molar-refractivity contribution in [3.63, 3.8) is 0 Å². The summed E-state index contributed by atoms with van der Waals surface area (Å²) in [7, 11) is 0. The molecule has 1 amide bonds. The summed E-state index contributed by atoms with van der Waals surface area (Å²) in [5.74, 6) is -0.616. The molecule has 1 saturated heterocycles. The van der Waals surface area contributed by atoms with Gasteiger partial charge in [-0.25, -0.2) is 9.59 Å². The summed E-state index contributed by atoms with van der Waals surface area (Å²) >= 11 is 0. The van der Waals surface area contributed by atoms with Crippen LogP contribution in [0, 0.1) is 0 Å². The molecule has 0 aliphatic carbocycles. The highest BCUT2D eigenvalue weighted by Crippen LogP contribution is 2.27. The number of amides is 1. The summed E-state index contributed by atoms with van der Waals surface area (Å²) in [6.07, 6.45) is -1.63. The molecule has 6 heteroatoms. The summed E-state index contributed by atoms with van der Waals surface area (Å²) in [4.78, 5) is 25.6. The molecule has 1 fully saturated rings. The van der Waals surface area contributed by atoms with E-state index in [0.717, 1.165) is 4.90 Å². The molecule has 120 valence electrons. The Morgan fingerprint density at radius 3 is 2.05 bits per heavy atom. The second kappa shape index (κ2) is 5.67. The molecule has 21 heavy (non-hydrogen) atoms. The fourth-order valence-corrected chi connectivity index (χ4v) is 1.93. The first kappa shape index (κ1) is 17.5. The van der Waals surface area contributed by atoms with Crippen molar-refractivity contribution in [1.29, 1.82) is 0 Å². The molecule has 0 saturated carbocycles. The molecule has 1 rings (SSSR count). The zero-order chi connectivity index (χ0) is 16.6. The molecule has 1 aliphatic heterocycles. The van der Waals surface area contributed by atoms with Crippen LogP contribution < -0.4 is 0 Å². The normalized spacial score (nSPS) is 23.2. The van der Waals surface area contributed by atoms with Crippen molar-refractivity contribution in [2.24, 2.45) is 0 Å². The number of nitrogens with zero attached hydrogens (tertiary/aromatic N) is 1. The fourth-order valence-electron chi connectivity index (χ4n) is 1.93. The van der Waals surface area contributed by atoms with E-state index in [4.69, 9.17) is 9.47 Å². The van der Waals surface area contributed by atoms with Gasteiger partial charge >= 0.3 is 12.1 Å². The standard InChI is InChI=1S/C15H25NO5/c1-9-10(17)8-16(13(19)21-15(5,6)7)11(9)12(18)20-14(2,3)4/h10-11,17H,1,8H2,2-7H3. The van der Waals surface area contributed by atoms with Crippen LogP contribution in [0.5, 0.6) is 0 Å². The minimum Gasteiger partial charge on any atom is -0.458 e. The molecule has 1 N–H and O–H groups in total. The number of β-amino-alcohol motifs (C(OH)–C–C–N with tert-alkyl or cyclic N) is 1. The first-order chi connectivity index (χ1) is 9.32. The van der Waals surface area contributed by atoms with Gasteiger partial charge in [-0.15, -0.1) is 0 Å². The van der Waals surface area contributed by atoms with Gasteiger partial charge in [0.2, 0.25) is 0 Å². The maximum absolute atomic E-state index is 12.3. The van der Waals surface area contributed by atoms with E-state index in [0.29, 0.717) is 0 Å². The van der Waals surface area contributed by atoms with Crippen LogP contribution in [0.3, 0.4) is 0 Å². The monoisotopic (exact) mass is 299 g/mol. The molecule has 2 atom stereocenters. The van der Waals surface area contributed by atoms with Crippen LogP contribution in [0.25, 0.3) is 0 Å². The molecule has 0 aromatic heterocycles. The van der Waals surface area contributed by atoms with Crippen LogP contribution in [0.2, 0.25) is 0 Å². The number of carbonyl (C=O) groups excluding carboxylic acids is 2. The van der Waals surface area contributed by atoms with Crippen molar-refractivity contribution in [2.75, 3.05) is 6.54 Å². The van der Waals surface area contributed by atoms with Gasteiger partial charge in [-0.05, 0) is 47.1 Å². The van der Waals surface area contributed by atoms with E-state index in [1.165, 1.54) is 0 Å². The molecule has 2 unspecified atom stereocenters. The van der Waals surface area contributed by atoms with Gasteiger partial charge in [-0.1, -0.05) is 6.58 Å². The lowest BCUT2D eigenvalue weighted by molar-refractivity contribution is -0.158. The molecule has 6 nitrogen and oxygen atoms in total. The van der Waals surface area contributed by atoms with Gasteiger partial charge in [0.05, 0.1) is 12.6 Å². The molecule has 0 aromatic carbocycles. The van der Waals surface area contributed by atoms with E-state index in [2.05, 4.69) is 6.58 Å². The summed E-state index contributed by atoms with van der Waals surface area (Å²) in [5.41, 5.74) is -1.13. The SMILES string of the molecule is C=C1C(O)CN(C(=O)OC(C)(C)C)C1C(=O)OC(C)(C)C. The third-order valence-electron chi connectivity index (χ3n) is 2.72. The molecule has 1 heterocycles. The Kier molecular flexibility index (Phi) is 4.73. The topological polar surface area (TPSA) is 76.1 Å². The lowest BCUT2D eigenvalue weighted by Gasteiger charge is -2.29. The third-order valence-corrected chi connectivity index (χ3v) is 2.72. The van der Waals surface area contributed by atoms with Gasteiger partial charge in [0.1, 0.15) is 11.2 Å². The van der Waals surface area contributed by atoms with E-state index >= 15 is 0 Å². The summed E-state index contributed by atoms with van der Waals surface area (Å²) < 4.78 is 10.5. The summed E-state index contributed by atoms with van der Waals surface area (Å²) in [6, 6.07) is -1.02. The van der Waals surface area contributed by atoms with Gasteiger partial charge in [0, 0.05) is 0 Å². The number of ether oxygens (including phenoxy) is 2. The number of aliphatic hydroxyl groups excluding tert-OH is 1. The van der Waals surface area contributed by atoms with Crippen LogP contribution in [0.1, 0.15) is 41.5 Å². The van der Waals surface area contributed by atoms with Gasteiger partial charge in [-0.3, -0.25) is 4.90 Å². The molecular weight excluding hydrogens is 274 g/mol. The highest BCUT2D eigenvalue weighted by Gasteiger charge is 2.45. The quantitative estimate of drug-likeness (QED) is 0.591. The molecule has 0 radical (unpaired) electrons. The van der Waals surface area contributed by atoms with Crippen LogP contribution >= 0.6 is 0 Å². The first-order valence-electron chi connectivity index (χ1n) is 6.91. The van der Waals surface area contributed by atoms with Crippen molar-refractivity contribution in [2.45, 2.75) is 64.9 Å². The minimum absolute atomic E-state index is 0.0301. The van der Waals surface area contributed by atoms with Crippen molar-refractivity contribution in [1.82, 2.24) is 4.90 Å². The zero-order valence-corrected chi connectivity index (χ0v) is 13.6. The Morgan fingerprint density at radius 2 is 1.62 bits per heavy atom. The van der Waals surface area contributed by atoms with Crippen molar-refractivity contribution in [3.05, 3.63) is 12.2 Å². The second-order valence-corrected chi connectivity index (χ2v) is 7.16. The van der Waals surface area contributed by atoms with E-state index in [9.17, 15) is 14.7 Å². The van der Waals surface area contributed by atoms with E-state index < -0.39 is 35.4 Å². The Bertz CT molecular complexity index is 444. The fraction of sp³-hybridized carbons (Fsp3) is 0.733. The Hall–Kier alpha value is -1.56. The maximum Gasteiger partial charge on any atom is 0.411 e. The van der Waals surface area contributed by atoms with Crippen LogP contribution in [0.15, 0.2) is 12.2 Å². The number of esters is 1. The van der Waals surface area contributed by atoms with Gasteiger partial charge in [-0.2, -0.15) is 0 Å². The Labute approximate surface area is 125 Å². The molecular formula is C15H25NO5. The summed E-state index contributed by atoms with van der Waals surface area (Å²) in [5, 5.41) is 9.88. The van der Waals surface area contributed by atoms with Gasteiger partial charge < -0.3 is 14.6 Å². The molecule has 0 aromatic rings. The number of aliphatic hydroxyl groups is 1. The van der Waals surface area contributed by atoms with E-state index in [1.54, 1.807) is 41.5 Å². The predicted octanol–water partition coefficient (Wildman–Crippen LogP) is 1.86. The van der Waals surface area contributed by atoms with Gasteiger partial charge in [0.25, 0.3) is 0 Å². The predicted molar refractivity (Wildman–Crippen MR) is 77.7 cm³/mol. The first-order valence-corrected chi connectivity index (χ1v) is 6.91. The third kappa shape index (κ3) is 4.74. The van der Waals surface area contributed by atoms with E-state index in [1.807, 2.05) is 0 Å². The molecule has 0 bridgehead atoms. The molecule has 0 spiro atoms. The van der Waals surface area contributed by atoms with Crippen LogP contribution in [-0.4, -0.2) is 52.0 Å². The minimum atomic E-state index is -1.02. The highest BCUT2D eigenvalue weighted by atomic mass is 16.6. The lowest BCUT2D eigenvalue weighted by atomic mass is 10.1. The van der Waals surface area contributed by atoms with Crippen LogP contribution in [-0.2, 0) is 14.3 Å². The van der Waals surface area contributed by atoms with Crippen molar-refractivity contribution < 1.29 is 24.2 Å². The number of rotatable bonds is 1. The number of hydrogen-bond acceptors (Lipinski definition) is 5. The average molecular weight is 299 g/mol. The highest BCUT2D eigenvalue weighted by molar-refractivity contribution is 5.86. The van der Waals surface area contributed by atoms with Crippen LogP contribution in [0.4, 0.5) is 4.79 Å². The van der Waals surface area contributed by atoms with E-state index in [-0.39, 0.29) is 12.1 Å². The largest absolute Gasteiger partial charge is 0.458 e. The van der Waals surface area contributed by atoms with Gasteiger partial charge in [0.15, 0.2) is 6.04 Å². The number of carbonyl (C=O) groups is 2. The summed E-state index contributed by atoms with van der Waals surface area (Å²) in [6.45, 7) is 14.1. The van der Waals surface area contributed by atoms with Crippen molar-refractivity contribution >= 4 is 12.1 Å². The number of hydrogen-bond donors (Lipinski definition) is 1. The number of likely N-dealkylation sites (tertiary alicyclic amines) is 1. The Morgan fingerprint density at radius 1 is 1.14 bits per heavy atom. The maximum atomic E-state index is 12.3. The lowest BCUT2D eigenvalue weighted by Crippen LogP contribution is -2.46.